The highest BCUT2D eigenvalue weighted by Crippen LogP contribution is 2.41. The number of halogens is 4. The minimum absolute atomic E-state index is 0.0156. The summed E-state index contributed by atoms with van der Waals surface area (Å²) in [5.74, 6) is 9.00. The molecule has 8 rings (SSSR count). The van der Waals surface area contributed by atoms with Gasteiger partial charge in [0, 0.05) is 67.8 Å². The first kappa shape index (κ1) is 41.6. The SMILES string of the molecule is Cc1c(N2C[C@H](CN)[C@@H](F)C2)c(F)cc2c(=O)n(N)c(=O)n(C3CC3)c12.Cc1c(N2C[C@H](CNC(=O)OC(C)(C)C)[C@@H](F)C2)c(F)cc2c(=O)n(N)c(=O)n(C3CC3)c12. The summed E-state index contributed by atoms with van der Waals surface area (Å²) in [5, 5.41) is 2.65. The van der Waals surface area contributed by atoms with Gasteiger partial charge in [-0.3, -0.25) is 18.7 Å². The summed E-state index contributed by atoms with van der Waals surface area (Å²) < 4.78 is 68.2. The van der Waals surface area contributed by atoms with E-state index in [2.05, 4.69) is 5.32 Å². The number of nitrogens with one attached hydrogen (secondary N) is 1. The molecule has 16 nitrogen and oxygen atoms in total. The molecule has 2 aromatic carbocycles. The van der Waals surface area contributed by atoms with Gasteiger partial charge in [0.05, 0.1) is 33.2 Å². The number of benzene rings is 2. The van der Waals surface area contributed by atoms with Crippen LogP contribution in [0.15, 0.2) is 31.3 Å². The standard InChI is InChI=1S/C22H29F2N5O4.C17H21F2N5O2/c1-11-17-14(19(30)29(25)21(32)28(17)13-5-6-13)7-15(23)18(11)27-9-12(16(24)10-27)8-26-20(31)33-22(2,3)4;1-8-14-11(16(25)24(21)17(26)23(14)10-2-3-10)4-12(18)15(8)22-6-9(5-20)13(19)7-22/h7,12-13,16H,5-6,8-10,25H2,1-4H3,(H,26,31);4,9-10,13H,2-3,5-7,20-21H2,1H3/t12-,16-;9-,13-/m00/s1. The van der Waals surface area contributed by atoms with Crippen molar-refractivity contribution in [2.45, 2.75) is 90.3 Å². The molecule has 4 aromatic rings. The molecule has 20 heteroatoms. The summed E-state index contributed by atoms with van der Waals surface area (Å²) in [7, 11) is 0. The molecule has 2 aromatic heterocycles. The molecule has 4 fully saturated rings. The fourth-order valence-electron chi connectivity index (χ4n) is 8.41. The number of carbonyl (C=O) groups excluding carboxylic acids is 1. The van der Waals surface area contributed by atoms with Crippen LogP contribution in [0.4, 0.5) is 33.7 Å². The maximum atomic E-state index is 15.2. The fourth-order valence-corrected chi connectivity index (χ4v) is 8.41. The van der Waals surface area contributed by atoms with Crippen LogP contribution in [0.1, 0.15) is 69.7 Å². The lowest BCUT2D eigenvalue weighted by molar-refractivity contribution is 0.0515. The summed E-state index contributed by atoms with van der Waals surface area (Å²) >= 11 is 0. The molecule has 4 aliphatic rings. The summed E-state index contributed by atoms with van der Waals surface area (Å²) in [6, 6.07) is 2.01. The number of carbonyl (C=O) groups is 1. The van der Waals surface area contributed by atoms with Gasteiger partial charge in [-0.1, -0.05) is 0 Å². The number of alkyl halides is 2. The van der Waals surface area contributed by atoms with Crippen LogP contribution in [0.2, 0.25) is 0 Å². The Kier molecular flexibility index (Phi) is 10.8. The maximum Gasteiger partial charge on any atom is 0.407 e. The van der Waals surface area contributed by atoms with Crippen LogP contribution in [-0.2, 0) is 4.74 Å². The Bertz CT molecular complexity index is 2590. The van der Waals surface area contributed by atoms with Gasteiger partial charge in [-0.25, -0.2) is 31.9 Å². The van der Waals surface area contributed by atoms with E-state index < -0.39 is 64.1 Å². The number of fused-ring (bicyclic) bond motifs is 2. The normalized spacial score (nSPS) is 21.9. The molecule has 4 atom stereocenters. The predicted octanol–water partition coefficient (Wildman–Crippen LogP) is 2.35. The summed E-state index contributed by atoms with van der Waals surface area (Å²) in [5.41, 5.74) is 4.06. The second kappa shape index (κ2) is 15.3. The average Bonchev–Trinajstić information content (AvgIpc) is 4.10. The van der Waals surface area contributed by atoms with Gasteiger partial charge < -0.3 is 37.3 Å². The van der Waals surface area contributed by atoms with Crippen molar-refractivity contribution < 1.29 is 27.1 Å². The van der Waals surface area contributed by atoms with Gasteiger partial charge >= 0.3 is 17.5 Å². The first-order valence-corrected chi connectivity index (χ1v) is 19.7. The van der Waals surface area contributed by atoms with Gasteiger partial charge in [0.25, 0.3) is 11.1 Å². The highest BCUT2D eigenvalue weighted by molar-refractivity contribution is 5.88. The van der Waals surface area contributed by atoms with Crippen molar-refractivity contribution in [2.24, 2.45) is 17.6 Å². The van der Waals surface area contributed by atoms with Crippen molar-refractivity contribution in [3.63, 3.8) is 0 Å². The molecule has 2 aliphatic carbocycles. The zero-order valence-corrected chi connectivity index (χ0v) is 33.6. The smallest absolute Gasteiger partial charge is 0.407 e. The van der Waals surface area contributed by atoms with Crippen LogP contribution in [0.3, 0.4) is 0 Å². The lowest BCUT2D eigenvalue weighted by Gasteiger charge is -2.24. The van der Waals surface area contributed by atoms with Crippen molar-refractivity contribution in [3.05, 3.63) is 76.6 Å². The fraction of sp³-hybridized carbons (Fsp3) is 0.564. The van der Waals surface area contributed by atoms with Crippen molar-refractivity contribution in [1.29, 1.82) is 0 Å². The van der Waals surface area contributed by atoms with Crippen molar-refractivity contribution in [1.82, 2.24) is 23.8 Å². The Balaban J connectivity index is 0.000000184. The second-order valence-electron chi connectivity index (χ2n) is 17.1. The Morgan fingerprint density at radius 1 is 0.746 bits per heavy atom. The average molecular weight is 831 g/mol. The van der Waals surface area contributed by atoms with Crippen LogP contribution >= 0.6 is 0 Å². The lowest BCUT2D eigenvalue weighted by Crippen LogP contribution is -2.44. The molecule has 0 radical (unpaired) electrons. The van der Waals surface area contributed by atoms with Crippen molar-refractivity contribution >= 4 is 39.3 Å². The van der Waals surface area contributed by atoms with Gasteiger partial charge in [-0.15, -0.1) is 0 Å². The third-order valence-corrected chi connectivity index (χ3v) is 11.5. The minimum Gasteiger partial charge on any atom is -0.444 e. The number of hydrogen-bond acceptors (Lipinski definition) is 11. The van der Waals surface area contributed by atoms with Gasteiger partial charge in [-0.05, 0) is 79.0 Å². The number of nitrogens with zero attached hydrogens (tertiary/aromatic N) is 6. The molecular weight excluding hydrogens is 780 g/mol. The van der Waals surface area contributed by atoms with Crippen LogP contribution < -0.4 is 55.0 Å². The number of alkyl carbamates (subject to hydrolysis) is 1. The topological polar surface area (TPSA) is 211 Å². The number of nitrogens with two attached hydrogens (primary N) is 3. The molecule has 1 amide bonds. The van der Waals surface area contributed by atoms with Crippen LogP contribution in [0, 0.1) is 37.3 Å². The van der Waals surface area contributed by atoms with Gasteiger partial charge in [0.1, 0.15) is 29.6 Å². The van der Waals surface area contributed by atoms with E-state index in [0.29, 0.717) is 38.1 Å². The van der Waals surface area contributed by atoms with Crippen LogP contribution in [0.5, 0.6) is 0 Å². The molecule has 2 saturated carbocycles. The summed E-state index contributed by atoms with van der Waals surface area (Å²) in [4.78, 5) is 65.3. The molecule has 0 bridgehead atoms. The minimum atomic E-state index is -1.31. The number of amides is 1. The molecule has 320 valence electrons. The van der Waals surface area contributed by atoms with Gasteiger partial charge in [0.2, 0.25) is 0 Å². The highest BCUT2D eigenvalue weighted by Gasteiger charge is 2.38. The van der Waals surface area contributed by atoms with Crippen molar-refractivity contribution in [2.75, 3.05) is 60.8 Å². The maximum absolute atomic E-state index is 15.2. The van der Waals surface area contributed by atoms with Gasteiger partial charge in [-0.2, -0.15) is 9.35 Å². The van der Waals surface area contributed by atoms with E-state index in [-0.39, 0.29) is 72.9 Å². The molecule has 0 spiro atoms. The quantitative estimate of drug-likeness (QED) is 0.157. The number of hydrogen-bond donors (Lipinski definition) is 4. The monoisotopic (exact) mass is 830 g/mol. The van der Waals surface area contributed by atoms with E-state index in [1.54, 1.807) is 44.4 Å². The molecule has 2 aliphatic heterocycles. The van der Waals surface area contributed by atoms with E-state index in [1.165, 1.54) is 9.13 Å². The Morgan fingerprint density at radius 3 is 1.53 bits per heavy atom. The Morgan fingerprint density at radius 2 is 1.15 bits per heavy atom. The van der Waals surface area contributed by atoms with Crippen molar-refractivity contribution in [3.8, 4) is 0 Å². The number of ether oxygens (including phenoxy) is 1. The molecule has 59 heavy (non-hydrogen) atoms. The number of aryl methyl sites for hydroxylation is 2. The molecule has 7 N–H and O–H groups in total. The number of aromatic nitrogens is 4. The summed E-state index contributed by atoms with van der Waals surface area (Å²) in [6.45, 7) is 9.08. The third-order valence-electron chi connectivity index (χ3n) is 11.5. The third kappa shape index (κ3) is 7.62. The van der Waals surface area contributed by atoms with E-state index in [1.807, 2.05) is 0 Å². The van der Waals surface area contributed by atoms with E-state index in [0.717, 1.165) is 37.8 Å². The lowest BCUT2D eigenvalue weighted by atomic mass is 10.1. The molecule has 0 unspecified atom stereocenters. The van der Waals surface area contributed by atoms with Crippen LogP contribution in [0.25, 0.3) is 21.8 Å². The zero-order chi connectivity index (χ0) is 43.0. The largest absolute Gasteiger partial charge is 0.444 e. The molecule has 4 heterocycles. The van der Waals surface area contributed by atoms with Crippen LogP contribution in [-0.4, -0.2) is 81.8 Å². The zero-order valence-electron chi connectivity index (χ0n) is 33.6. The summed E-state index contributed by atoms with van der Waals surface area (Å²) in [6.07, 6.45) is 0.0136. The second-order valence-corrected chi connectivity index (χ2v) is 17.1. The number of nitrogen functional groups attached to an aromatic ring is 2. The van der Waals surface area contributed by atoms with E-state index in [9.17, 15) is 37.1 Å². The Labute approximate surface area is 335 Å². The first-order chi connectivity index (χ1) is 27.7. The molecular formula is C39H50F4N10O6. The Hall–Kier alpha value is -5.53. The highest BCUT2D eigenvalue weighted by atomic mass is 19.1. The van der Waals surface area contributed by atoms with Gasteiger partial charge in [0.15, 0.2) is 0 Å². The van der Waals surface area contributed by atoms with E-state index in [4.69, 9.17) is 22.2 Å². The van der Waals surface area contributed by atoms with E-state index >= 15 is 4.39 Å². The predicted molar refractivity (Wildman–Crippen MR) is 216 cm³/mol. The number of anilines is 2. The first-order valence-electron chi connectivity index (χ1n) is 19.7. The number of rotatable bonds is 7. The molecule has 2 saturated heterocycles.